The van der Waals surface area contributed by atoms with E-state index in [9.17, 15) is 19.8 Å². The monoisotopic (exact) mass is 594 g/mol. The maximum absolute atomic E-state index is 12.2. The summed E-state index contributed by atoms with van der Waals surface area (Å²) >= 11 is 0. The summed E-state index contributed by atoms with van der Waals surface area (Å²) in [5.41, 5.74) is 2.93. The maximum atomic E-state index is 12.2. The lowest BCUT2D eigenvalue weighted by Crippen LogP contribution is -2.30. The van der Waals surface area contributed by atoms with E-state index < -0.39 is 11.9 Å². The van der Waals surface area contributed by atoms with Gasteiger partial charge >= 0.3 is 11.9 Å². The van der Waals surface area contributed by atoms with Crippen LogP contribution >= 0.6 is 0 Å². The molecule has 5 rings (SSSR count). The minimum absolute atomic E-state index is 0.00652. The van der Waals surface area contributed by atoms with Gasteiger partial charge in [-0.1, -0.05) is 0 Å². The minimum atomic E-state index is -1.23. The second kappa shape index (κ2) is 13.8. The molecule has 2 atom stereocenters. The number of aromatic carboxylic acids is 2. The van der Waals surface area contributed by atoms with E-state index >= 15 is 0 Å². The molecule has 3 aromatic rings. The Morgan fingerprint density at radius 3 is 1.43 bits per heavy atom. The first-order chi connectivity index (χ1) is 21.4. The number of carboxylic acid groups (broad SMARTS) is 2. The molecule has 0 bridgehead atoms. The molecule has 2 unspecified atom stereocenters. The van der Waals surface area contributed by atoms with Gasteiger partial charge in [-0.05, 0) is 86.3 Å². The molecule has 0 radical (unpaired) electrons. The van der Waals surface area contributed by atoms with Crippen molar-refractivity contribution in [2.24, 2.45) is 0 Å². The minimum Gasteiger partial charge on any atom is -0.493 e. The van der Waals surface area contributed by atoms with Crippen LogP contribution in [0.2, 0.25) is 0 Å². The van der Waals surface area contributed by atoms with Gasteiger partial charge in [-0.3, -0.25) is 0 Å². The number of rotatable bonds is 12. The van der Waals surface area contributed by atoms with E-state index in [1.807, 2.05) is 24.3 Å². The molecule has 0 aromatic heterocycles. The van der Waals surface area contributed by atoms with Crippen LogP contribution in [0.1, 0.15) is 70.4 Å². The van der Waals surface area contributed by atoms with Crippen LogP contribution in [0.5, 0.6) is 11.5 Å². The molecule has 2 N–H and O–H groups in total. The molecule has 10 heteroatoms. The van der Waals surface area contributed by atoms with Crippen molar-refractivity contribution < 1.29 is 29.3 Å². The Labute approximate surface area is 256 Å². The molecule has 0 amide bonds. The summed E-state index contributed by atoms with van der Waals surface area (Å²) in [6.45, 7) is 2.17. The summed E-state index contributed by atoms with van der Waals surface area (Å²) in [6.07, 6.45) is 5.16. The molecular weight excluding hydrogens is 560 g/mol. The van der Waals surface area contributed by atoms with Crippen LogP contribution < -0.4 is 19.3 Å². The predicted octanol–water partition coefficient (Wildman–Crippen LogP) is 5.70. The number of carbonyl (C=O) groups is 2. The lowest BCUT2D eigenvalue weighted by atomic mass is 10.1. The largest absolute Gasteiger partial charge is 0.493 e. The molecular formula is C34H34N4O6. The molecule has 2 heterocycles. The average molecular weight is 595 g/mol. The maximum Gasteiger partial charge on any atom is 0.339 e. The summed E-state index contributed by atoms with van der Waals surface area (Å²) in [5.74, 6) is -2.48. The Morgan fingerprint density at radius 1 is 0.705 bits per heavy atom. The fraction of sp³-hybridized carbons (Fsp3) is 0.353. The molecule has 0 saturated carbocycles. The van der Waals surface area contributed by atoms with Crippen LogP contribution in [-0.2, 0) is 0 Å². The molecule has 2 aliphatic rings. The third-order valence-electron chi connectivity index (χ3n) is 8.37. The van der Waals surface area contributed by atoms with Crippen LogP contribution in [-0.4, -0.2) is 60.5 Å². The fourth-order valence-electron chi connectivity index (χ4n) is 6.15. The van der Waals surface area contributed by atoms with Crippen molar-refractivity contribution in [2.45, 2.75) is 50.6 Å². The highest BCUT2D eigenvalue weighted by molar-refractivity contribution is 5.97. The van der Waals surface area contributed by atoms with E-state index in [1.165, 1.54) is 12.1 Å². The van der Waals surface area contributed by atoms with Crippen molar-refractivity contribution in [1.29, 1.82) is 10.5 Å². The molecule has 2 fully saturated rings. The summed E-state index contributed by atoms with van der Waals surface area (Å²) < 4.78 is 11.8. The molecule has 3 aromatic carbocycles. The topological polar surface area (TPSA) is 147 Å². The lowest BCUT2D eigenvalue weighted by molar-refractivity contribution is 0.0672. The third-order valence-corrected chi connectivity index (χ3v) is 8.37. The second-order valence-electron chi connectivity index (χ2n) is 11.0. The van der Waals surface area contributed by atoms with Gasteiger partial charge in [-0.2, -0.15) is 10.5 Å². The number of benzene rings is 3. The predicted molar refractivity (Wildman–Crippen MR) is 164 cm³/mol. The van der Waals surface area contributed by atoms with Gasteiger partial charge in [0.15, 0.2) is 0 Å². The molecule has 226 valence electrons. The van der Waals surface area contributed by atoms with Gasteiger partial charge in [-0.15, -0.1) is 0 Å². The highest BCUT2D eigenvalue weighted by Gasteiger charge is 2.27. The molecule has 2 saturated heterocycles. The van der Waals surface area contributed by atoms with Gasteiger partial charge < -0.3 is 29.5 Å². The Balaban J connectivity index is 1.23. The van der Waals surface area contributed by atoms with Gasteiger partial charge in [0, 0.05) is 49.4 Å². The Kier molecular flexibility index (Phi) is 9.51. The van der Waals surface area contributed by atoms with Crippen molar-refractivity contribution >= 4 is 23.3 Å². The number of hydrogen-bond acceptors (Lipinski definition) is 8. The van der Waals surface area contributed by atoms with E-state index in [-0.39, 0.29) is 47.9 Å². The normalized spacial score (nSPS) is 17.6. The van der Waals surface area contributed by atoms with Gasteiger partial charge in [-0.25, -0.2) is 9.59 Å². The first-order valence-corrected chi connectivity index (χ1v) is 14.8. The van der Waals surface area contributed by atoms with Crippen molar-refractivity contribution in [3.05, 3.63) is 82.9 Å². The first kappa shape index (κ1) is 30.2. The van der Waals surface area contributed by atoms with Gasteiger partial charge in [0.1, 0.15) is 22.6 Å². The second-order valence-corrected chi connectivity index (χ2v) is 11.0. The molecule has 2 aliphatic heterocycles. The van der Waals surface area contributed by atoms with Crippen molar-refractivity contribution in [1.82, 2.24) is 0 Å². The average Bonchev–Trinajstić information content (AvgIpc) is 3.71. The van der Waals surface area contributed by atoms with Crippen molar-refractivity contribution in [2.75, 3.05) is 36.1 Å². The van der Waals surface area contributed by atoms with Crippen LogP contribution in [0.25, 0.3) is 0 Å². The standard InChI is InChI=1S/C34H34N4O6/c35-21-23-5-9-27(10-6-23)37-15-1-3-25(37)13-17-43-31-19-30(34(41)42)32(20-29(31)33(39)40)44-18-14-26-4-2-16-38(26)28-11-7-24(22-36)8-12-28/h5-12,19-20,25-26H,1-4,13-18H2,(H,39,40)(H,41,42). The Hall–Kier alpha value is -5.22. The smallest absolute Gasteiger partial charge is 0.339 e. The van der Waals surface area contributed by atoms with Crippen molar-refractivity contribution in [3.8, 4) is 23.6 Å². The van der Waals surface area contributed by atoms with Gasteiger partial charge in [0.25, 0.3) is 0 Å². The lowest BCUT2D eigenvalue weighted by Gasteiger charge is -2.27. The van der Waals surface area contributed by atoms with Gasteiger partial charge in [0.2, 0.25) is 0 Å². The SMILES string of the molecule is N#Cc1ccc(N2CCCC2CCOc2cc(C(=O)O)c(OCCC3CCCN3c3ccc(C#N)cc3)cc2C(=O)O)cc1. The number of hydrogen-bond donors (Lipinski definition) is 2. The Bertz CT molecular complexity index is 1460. The van der Waals surface area contributed by atoms with Crippen LogP contribution in [0.15, 0.2) is 60.7 Å². The van der Waals surface area contributed by atoms with E-state index in [4.69, 9.17) is 20.0 Å². The summed E-state index contributed by atoms with van der Waals surface area (Å²) in [7, 11) is 0. The highest BCUT2D eigenvalue weighted by atomic mass is 16.5. The zero-order valence-corrected chi connectivity index (χ0v) is 24.3. The number of ether oxygens (including phenoxy) is 2. The number of carboxylic acids is 2. The third kappa shape index (κ3) is 6.87. The quantitative estimate of drug-likeness (QED) is 0.267. The van der Waals surface area contributed by atoms with Crippen LogP contribution in [0.4, 0.5) is 11.4 Å². The van der Waals surface area contributed by atoms with E-state index in [0.29, 0.717) is 24.0 Å². The molecule has 0 aliphatic carbocycles. The zero-order chi connectivity index (χ0) is 31.1. The first-order valence-electron chi connectivity index (χ1n) is 14.8. The summed E-state index contributed by atoms with van der Waals surface area (Å²) in [4.78, 5) is 28.8. The number of nitrogens with zero attached hydrogens (tertiary/aromatic N) is 4. The summed E-state index contributed by atoms with van der Waals surface area (Å²) in [6, 6.07) is 22.0. The van der Waals surface area contributed by atoms with E-state index in [2.05, 4.69) is 21.9 Å². The van der Waals surface area contributed by atoms with Crippen LogP contribution in [0.3, 0.4) is 0 Å². The fourth-order valence-corrected chi connectivity index (χ4v) is 6.15. The highest BCUT2D eigenvalue weighted by Crippen LogP contribution is 2.33. The molecule has 0 spiro atoms. The Morgan fingerprint density at radius 2 is 1.09 bits per heavy atom. The number of nitriles is 2. The molecule has 44 heavy (non-hydrogen) atoms. The van der Waals surface area contributed by atoms with E-state index in [1.54, 1.807) is 24.3 Å². The molecule has 10 nitrogen and oxygen atoms in total. The zero-order valence-electron chi connectivity index (χ0n) is 24.3. The van der Waals surface area contributed by atoms with Gasteiger partial charge in [0.05, 0.1) is 36.5 Å². The van der Waals surface area contributed by atoms with Crippen molar-refractivity contribution in [3.63, 3.8) is 0 Å². The van der Waals surface area contributed by atoms with Crippen LogP contribution in [0, 0.1) is 22.7 Å². The number of anilines is 2. The van der Waals surface area contributed by atoms with E-state index in [0.717, 1.165) is 50.1 Å². The summed E-state index contributed by atoms with van der Waals surface area (Å²) in [5, 5.41) is 38.0.